The summed E-state index contributed by atoms with van der Waals surface area (Å²) in [4.78, 5) is 16.0. The first-order valence-electron chi connectivity index (χ1n) is 6.62. The van der Waals surface area contributed by atoms with Gasteiger partial charge in [-0.3, -0.25) is 9.89 Å². The van der Waals surface area contributed by atoms with Gasteiger partial charge in [0.15, 0.2) is 5.16 Å². The van der Waals surface area contributed by atoms with E-state index < -0.39 is 10.0 Å². The van der Waals surface area contributed by atoms with Gasteiger partial charge in [-0.2, -0.15) is 5.10 Å². The summed E-state index contributed by atoms with van der Waals surface area (Å²) in [5, 5.41) is 9.55. The summed E-state index contributed by atoms with van der Waals surface area (Å²) in [7, 11) is -0.627. The third-order valence-electron chi connectivity index (χ3n) is 2.96. The molecule has 23 heavy (non-hydrogen) atoms. The molecule has 0 fully saturated rings. The normalized spacial score (nSPS) is 11.7. The number of hydrogen-bond acceptors (Lipinski definition) is 6. The van der Waals surface area contributed by atoms with Gasteiger partial charge in [0.2, 0.25) is 15.9 Å². The van der Waals surface area contributed by atoms with Crippen molar-refractivity contribution in [2.75, 3.05) is 25.2 Å². The van der Waals surface area contributed by atoms with Crippen molar-refractivity contribution in [2.45, 2.75) is 17.0 Å². The first kappa shape index (κ1) is 17.4. The fraction of sp³-hybridized carbons (Fsp3) is 0.308. The fourth-order valence-electron chi connectivity index (χ4n) is 1.75. The highest BCUT2D eigenvalue weighted by Crippen LogP contribution is 2.22. The molecule has 0 aliphatic rings. The molecule has 8 nitrogen and oxygen atoms in total. The summed E-state index contributed by atoms with van der Waals surface area (Å²) in [6, 6.07) is 4.79. The number of benzene rings is 1. The van der Waals surface area contributed by atoms with E-state index in [1.165, 1.54) is 38.3 Å². The van der Waals surface area contributed by atoms with Gasteiger partial charge >= 0.3 is 0 Å². The average molecular weight is 355 g/mol. The molecular weight excluding hydrogens is 338 g/mol. The molecular formula is C13H17N5O3S2. The number of sulfonamides is 1. The second-order valence-electron chi connectivity index (χ2n) is 4.90. The second-order valence-corrected chi connectivity index (χ2v) is 7.98. The van der Waals surface area contributed by atoms with Crippen molar-refractivity contribution in [2.24, 2.45) is 0 Å². The summed E-state index contributed by atoms with van der Waals surface area (Å²) < 4.78 is 25.7. The third kappa shape index (κ3) is 4.30. The predicted molar refractivity (Wildman–Crippen MR) is 87.8 cm³/mol. The number of amides is 1. The maximum absolute atomic E-state index is 12.3. The van der Waals surface area contributed by atoms with Crippen molar-refractivity contribution in [3.63, 3.8) is 0 Å². The SMILES string of the molecule is Cc1ccc(NC(=O)CSc2ncn[nH]2)cc1S(=O)(=O)N(C)C. The van der Waals surface area contributed by atoms with Crippen LogP contribution in [0.25, 0.3) is 0 Å². The van der Waals surface area contributed by atoms with E-state index in [0.717, 1.165) is 4.31 Å². The van der Waals surface area contributed by atoms with Crippen molar-refractivity contribution in [1.82, 2.24) is 19.5 Å². The van der Waals surface area contributed by atoms with Crippen molar-refractivity contribution in [3.8, 4) is 0 Å². The number of thioether (sulfide) groups is 1. The van der Waals surface area contributed by atoms with Crippen molar-refractivity contribution < 1.29 is 13.2 Å². The lowest BCUT2D eigenvalue weighted by Crippen LogP contribution is -2.23. The topological polar surface area (TPSA) is 108 Å². The summed E-state index contributed by atoms with van der Waals surface area (Å²) in [5.41, 5.74) is 1.05. The average Bonchev–Trinajstić information content (AvgIpc) is 3.00. The third-order valence-corrected chi connectivity index (χ3v) is 5.80. The number of aryl methyl sites for hydroxylation is 1. The van der Waals surface area contributed by atoms with Gasteiger partial charge in [-0.25, -0.2) is 17.7 Å². The van der Waals surface area contributed by atoms with E-state index in [0.29, 0.717) is 16.4 Å². The molecule has 124 valence electrons. The molecule has 10 heteroatoms. The zero-order valence-electron chi connectivity index (χ0n) is 12.9. The van der Waals surface area contributed by atoms with E-state index in [-0.39, 0.29) is 16.6 Å². The Morgan fingerprint density at radius 2 is 2.13 bits per heavy atom. The Kier molecular flexibility index (Phi) is 5.39. The Labute approximate surface area is 138 Å². The molecule has 2 N–H and O–H groups in total. The Morgan fingerprint density at radius 3 is 2.74 bits per heavy atom. The number of H-pyrrole nitrogens is 1. The Bertz CT molecular complexity index is 788. The van der Waals surface area contributed by atoms with Crippen LogP contribution in [0, 0.1) is 6.92 Å². The van der Waals surface area contributed by atoms with E-state index in [2.05, 4.69) is 20.5 Å². The first-order valence-corrected chi connectivity index (χ1v) is 9.04. The number of hydrogen-bond donors (Lipinski definition) is 2. The fourth-order valence-corrected chi connectivity index (χ4v) is 3.47. The minimum Gasteiger partial charge on any atom is -0.325 e. The molecule has 0 aliphatic carbocycles. The number of rotatable bonds is 6. The van der Waals surface area contributed by atoms with Crippen LogP contribution >= 0.6 is 11.8 Å². The second kappa shape index (κ2) is 7.11. The van der Waals surface area contributed by atoms with E-state index in [9.17, 15) is 13.2 Å². The zero-order chi connectivity index (χ0) is 17.0. The van der Waals surface area contributed by atoms with Gasteiger partial charge in [-0.15, -0.1) is 0 Å². The van der Waals surface area contributed by atoms with Crippen LogP contribution < -0.4 is 5.32 Å². The van der Waals surface area contributed by atoms with Gasteiger partial charge in [0.05, 0.1) is 10.6 Å². The van der Waals surface area contributed by atoms with Crippen LogP contribution in [0.5, 0.6) is 0 Å². The van der Waals surface area contributed by atoms with Gasteiger partial charge in [-0.05, 0) is 24.6 Å². The highest BCUT2D eigenvalue weighted by molar-refractivity contribution is 7.99. The monoisotopic (exact) mass is 355 g/mol. The molecule has 0 saturated heterocycles. The number of carbonyl (C=O) groups is 1. The molecule has 2 aromatic rings. The number of aromatic nitrogens is 3. The van der Waals surface area contributed by atoms with Gasteiger partial charge in [0.25, 0.3) is 0 Å². The Morgan fingerprint density at radius 1 is 1.39 bits per heavy atom. The number of nitrogens with zero attached hydrogens (tertiary/aromatic N) is 3. The lowest BCUT2D eigenvalue weighted by Gasteiger charge is -2.15. The Balaban J connectivity index is 2.10. The molecule has 2 rings (SSSR count). The molecule has 0 saturated carbocycles. The molecule has 0 unspecified atom stereocenters. The van der Waals surface area contributed by atoms with E-state index in [4.69, 9.17) is 0 Å². The molecule has 1 aromatic heterocycles. The summed E-state index contributed by atoms with van der Waals surface area (Å²) in [6.07, 6.45) is 1.36. The molecule has 0 spiro atoms. The lowest BCUT2D eigenvalue weighted by atomic mass is 10.2. The van der Waals surface area contributed by atoms with Gasteiger partial charge in [0, 0.05) is 19.8 Å². The summed E-state index contributed by atoms with van der Waals surface area (Å²) in [5.74, 6) is -0.123. The maximum Gasteiger partial charge on any atom is 0.242 e. The van der Waals surface area contributed by atoms with E-state index >= 15 is 0 Å². The predicted octanol–water partition coefficient (Wildman–Crippen LogP) is 1.09. The summed E-state index contributed by atoms with van der Waals surface area (Å²) in [6.45, 7) is 1.71. The largest absolute Gasteiger partial charge is 0.325 e. The molecule has 0 atom stereocenters. The van der Waals surface area contributed by atoms with Crippen LogP contribution in [0.15, 0.2) is 34.6 Å². The first-order chi connectivity index (χ1) is 10.8. The standard InChI is InChI=1S/C13H17N5O3S2/c1-9-4-5-10(6-11(9)23(20,21)18(2)3)16-12(19)7-22-13-14-8-15-17-13/h4-6,8H,7H2,1-3H3,(H,16,19)(H,14,15,17). The molecule has 0 aliphatic heterocycles. The molecule has 1 amide bonds. The molecule has 0 radical (unpaired) electrons. The Hall–Kier alpha value is -1.91. The number of carbonyl (C=O) groups excluding carboxylic acids is 1. The van der Waals surface area contributed by atoms with Gasteiger partial charge in [-0.1, -0.05) is 17.8 Å². The molecule has 0 bridgehead atoms. The van der Waals surface area contributed by atoms with Crippen LogP contribution in [0.4, 0.5) is 5.69 Å². The number of anilines is 1. The number of nitrogens with one attached hydrogen (secondary N) is 2. The summed E-state index contributed by atoms with van der Waals surface area (Å²) >= 11 is 1.20. The van der Waals surface area contributed by atoms with E-state index in [1.807, 2.05) is 0 Å². The zero-order valence-corrected chi connectivity index (χ0v) is 14.5. The van der Waals surface area contributed by atoms with Crippen LogP contribution in [0.2, 0.25) is 0 Å². The minimum atomic E-state index is -3.56. The van der Waals surface area contributed by atoms with Crippen LogP contribution in [0.3, 0.4) is 0 Å². The molecule has 1 heterocycles. The quantitative estimate of drug-likeness (QED) is 0.751. The van der Waals surface area contributed by atoms with Crippen LogP contribution in [-0.2, 0) is 14.8 Å². The lowest BCUT2D eigenvalue weighted by molar-refractivity contribution is -0.113. The van der Waals surface area contributed by atoms with Gasteiger partial charge < -0.3 is 5.32 Å². The minimum absolute atomic E-state index is 0.138. The van der Waals surface area contributed by atoms with Crippen LogP contribution in [-0.4, -0.2) is 53.7 Å². The van der Waals surface area contributed by atoms with Gasteiger partial charge in [0.1, 0.15) is 6.33 Å². The van der Waals surface area contributed by atoms with Crippen molar-refractivity contribution in [3.05, 3.63) is 30.1 Å². The van der Waals surface area contributed by atoms with Crippen molar-refractivity contribution >= 4 is 33.4 Å². The van der Waals surface area contributed by atoms with Crippen molar-refractivity contribution in [1.29, 1.82) is 0 Å². The highest BCUT2D eigenvalue weighted by Gasteiger charge is 2.20. The highest BCUT2D eigenvalue weighted by atomic mass is 32.2. The smallest absolute Gasteiger partial charge is 0.242 e. The van der Waals surface area contributed by atoms with Crippen LogP contribution in [0.1, 0.15) is 5.56 Å². The maximum atomic E-state index is 12.3. The number of aromatic amines is 1. The van der Waals surface area contributed by atoms with E-state index in [1.54, 1.807) is 19.1 Å². The molecule has 1 aromatic carbocycles.